The van der Waals surface area contributed by atoms with Crippen LogP contribution in [0.5, 0.6) is 0 Å². The van der Waals surface area contributed by atoms with E-state index in [0.717, 1.165) is 57.9 Å². The van der Waals surface area contributed by atoms with Gasteiger partial charge in [0.15, 0.2) is 6.29 Å². The third-order valence-electron chi connectivity index (χ3n) is 5.85. The van der Waals surface area contributed by atoms with Crippen LogP contribution in [0.2, 0.25) is 0 Å². The molecular formula is C22H29N5O4S. The predicted molar refractivity (Wildman–Crippen MR) is 122 cm³/mol. The second-order valence-electron chi connectivity index (χ2n) is 9.26. The van der Waals surface area contributed by atoms with E-state index in [-0.39, 0.29) is 11.0 Å². The highest BCUT2D eigenvalue weighted by Gasteiger charge is 2.27. The maximum absolute atomic E-state index is 13.0. The number of carbonyl (C=O) groups is 1. The summed E-state index contributed by atoms with van der Waals surface area (Å²) in [6, 6.07) is 5.49. The summed E-state index contributed by atoms with van der Waals surface area (Å²) in [6.07, 6.45) is 5.01. The van der Waals surface area contributed by atoms with Crippen LogP contribution in [0.4, 0.5) is 5.69 Å². The van der Waals surface area contributed by atoms with Crippen molar-refractivity contribution in [1.82, 2.24) is 18.7 Å². The fraction of sp³-hybridized carbons (Fsp3) is 0.500. The largest absolute Gasteiger partial charge is 0.381 e. The lowest BCUT2D eigenvalue weighted by Gasteiger charge is -2.26. The van der Waals surface area contributed by atoms with E-state index >= 15 is 0 Å². The number of fused-ring (bicyclic) bond motifs is 1. The van der Waals surface area contributed by atoms with E-state index in [2.05, 4.69) is 30.4 Å². The zero-order valence-electron chi connectivity index (χ0n) is 18.9. The first kappa shape index (κ1) is 22.5. The quantitative estimate of drug-likeness (QED) is 0.526. The van der Waals surface area contributed by atoms with Gasteiger partial charge in [-0.05, 0) is 37.0 Å². The number of imidazole rings is 1. The molecule has 0 bridgehead atoms. The smallest absolute Gasteiger partial charge is 0.345 e. The molecule has 0 radical (unpaired) electrons. The van der Waals surface area contributed by atoms with Crippen LogP contribution in [0.15, 0.2) is 30.6 Å². The van der Waals surface area contributed by atoms with E-state index in [1.807, 2.05) is 6.07 Å². The monoisotopic (exact) mass is 459 g/mol. The average Bonchev–Trinajstić information content (AvgIpc) is 3.39. The minimum Gasteiger partial charge on any atom is -0.381 e. The van der Waals surface area contributed by atoms with Gasteiger partial charge in [0.2, 0.25) is 0 Å². The second-order valence-corrected chi connectivity index (χ2v) is 11.1. The van der Waals surface area contributed by atoms with Gasteiger partial charge in [0, 0.05) is 32.2 Å². The Bertz CT molecular complexity index is 1230. The Balaban J connectivity index is 1.73. The van der Waals surface area contributed by atoms with Crippen LogP contribution in [0, 0.1) is 5.92 Å². The summed E-state index contributed by atoms with van der Waals surface area (Å²) in [6.45, 7) is 8.83. The number of carbonyl (C=O) groups excluding carboxylic acids is 1. The van der Waals surface area contributed by atoms with Gasteiger partial charge in [0.25, 0.3) is 0 Å². The molecule has 1 aromatic carbocycles. The Morgan fingerprint density at radius 3 is 2.59 bits per heavy atom. The zero-order valence-corrected chi connectivity index (χ0v) is 19.7. The molecule has 1 saturated heterocycles. The van der Waals surface area contributed by atoms with Crippen LogP contribution in [-0.4, -0.2) is 53.7 Å². The van der Waals surface area contributed by atoms with Crippen molar-refractivity contribution < 1.29 is 17.9 Å². The Morgan fingerprint density at radius 1 is 1.25 bits per heavy atom. The van der Waals surface area contributed by atoms with Crippen molar-refractivity contribution >= 4 is 33.2 Å². The second kappa shape index (κ2) is 8.32. The normalized spacial score (nSPS) is 15.9. The first-order valence-electron chi connectivity index (χ1n) is 10.7. The van der Waals surface area contributed by atoms with Gasteiger partial charge >= 0.3 is 10.2 Å². The summed E-state index contributed by atoms with van der Waals surface area (Å²) in [5, 5.41) is 3.81. The van der Waals surface area contributed by atoms with Gasteiger partial charge in [0.05, 0.1) is 34.7 Å². The fourth-order valence-corrected chi connectivity index (χ4v) is 5.07. The maximum atomic E-state index is 13.0. The average molecular weight is 460 g/mol. The van der Waals surface area contributed by atoms with Crippen LogP contribution in [0.1, 0.15) is 49.8 Å². The third-order valence-corrected chi connectivity index (χ3v) is 7.42. The van der Waals surface area contributed by atoms with Crippen molar-refractivity contribution in [3.63, 3.8) is 0 Å². The molecule has 3 aromatic rings. The molecule has 32 heavy (non-hydrogen) atoms. The Labute approximate surface area is 188 Å². The summed E-state index contributed by atoms with van der Waals surface area (Å²) in [5.74, 6) is 1.50. The van der Waals surface area contributed by atoms with Gasteiger partial charge in [-0.25, -0.2) is 4.98 Å². The molecule has 3 heterocycles. The fourth-order valence-electron chi connectivity index (χ4n) is 4.02. The lowest BCUT2D eigenvalue weighted by Crippen LogP contribution is -2.32. The van der Waals surface area contributed by atoms with Gasteiger partial charge in [-0.3, -0.25) is 9.10 Å². The van der Waals surface area contributed by atoms with Crippen molar-refractivity contribution in [2.24, 2.45) is 5.92 Å². The number of aldehydes is 1. The number of hydrogen-bond acceptors (Lipinski definition) is 6. The van der Waals surface area contributed by atoms with Crippen LogP contribution in [-0.2, 0) is 26.9 Å². The molecule has 0 atom stereocenters. The van der Waals surface area contributed by atoms with Crippen molar-refractivity contribution in [2.45, 2.75) is 45.6 Å². The SMILES string of the molecule is CN(c1ccc2c(c1)nc(C(C)(C)C)n2CC1CCOCC1)S(=O)(=O)n1cc(C=O)cn1. The molecule has 0 aliphatic carbocycles. The first-order chi connectivity index (χ1) is 15.1. The van der Waals surface area contributed by atoms with Crippen LogP contribution in [0.3, 0.4) is 0 Å². The summed E-state index contributed by atoms with van der Waals surface area (Å²) >= 11 is 0. The molecule has 4 rings (SSSR count). The summed E-state index contributed by atoms with van der Waals surface area (Å²) in [4.78, 5) is 15.8. The van der Waals surface area contributed by atoms with E-state index in [4.69, 9.17) is 9.72 Å². The number of nitrogens with zero attached hydrogens (tertiary/aromatic N) is 5. The summed E-state index contributed by atoms with van der Waals surface area (Å²) in [7, 11) is -2.51. The van der Waals surface area contributed by atoms with Crippen molar-refractivity contribution in [2.75, 3.05) is 24.6 Å². The molecule has 0 saturated carbocycles. The topological polar surface area (TPSA) is 99.3 Å². The van der Waals surface area contributed by atoms with Crippen molar-refractivity contribution in [3.05, 3.63) is 42.0 Å². The molecule has 172 valence electrons. The highest BCUT2D eigenvalue weighted by molar-refractivity contribution is 7.91. The Morgan fingerprint density at radius 2 is 1.97 bits per heavy atom. The van der Waals surface area contributed by atoms with Gasteiger partial charge in [-0.1, -0.05) is 20.8 Å². The number of aromatic nitrogens is 4. The number of benzene rings is 1. The summed E-state index contributed by atoms with van der Waals surface area (Å²) in [5.41, 5.74) is 2.23. The zero-order chi connectivity index (χ0) is 23.1. The first-order valence-corrected chi connectivity index (χ1v) is 12.1. The van der Waals surface area contributed by atoms with Crippen LogP contribution in [0.25, 0.3) is 11.0 Å². The number of anilines is 1. The molecule has 1 aliphatic rings. The highest BCUT2D eigenvalue weighted by atomic mass is 32.2. The predicted octanol–water partition coefficient (Wildman–Crippen LogP) is 3.00. The van der Waals surface area contributed by atoms with Crippen molar-refractivity contribution in [3.8, 4) is 0 Å². The number of ether oxygens (including phenoxy) is 1. The van der Waals surface area contributed by atoms with Crippen LogP contribution < -0.4 is 4.31 Å². The van der Waals surface area contributed by atoms with E-state index in [1.165, 1.54) is 19.4 Å². The highest BCUT2D eigenvalue weighted by Crippen LogP contribution is 2.31. The molecule has 0 unspecified atom stereocenters. The van der Waals surface area contributed by atoms with Crippen LogP contribution >= 0.6 is 0 Å². The molecule has 1 fully saturated rings. The molecule has 1 aliphatic heterocycles. The number of rotatable bonds is 6. The van der Waals surface area contributed by atoms with Gasteiger partial charge < -0.3 is 9.30 Å². The van der Waals surface area contributed by atoms with Crippen molar-refractivity contribution in [1.29, 1.82) is 0 Å². The van der Waals surface area contributed by atoms with Gasteiger partial charge in [0.1, 0.15) is 5.82 Å². The molecule has 0 amide bonds. The Hall–Kier alpha value is -2.72. The van der Waals surface area contributed by atoms with E-state index in [0.29, 0.717) is 17.9 Å². The molecule has 0 spiro atoms. The van der Waals surface area contributed by atoms with Gasteiger partial charge in [-0.2, -0.15) is 13.5 Å². The molecule has 2 aromatic heterocycles. The maximum Gasteiger partial charge on any atom is 0.345 e. The molecule has 9 nitrogen and oxygen atoms in total. The van der Waals surface area contributed by atoms with E-state index in [9.17, 15) is 13.2 Å². The lowest BCUT2D eigenvalue weighted by molar-refractivity contribution is 0.0611. The molecule has 0 N–H and O–H groups in total. The third kappa shape index (κ3) is 4.16. The molecule has 10 heteroatoms. The minimum absolute atomic E-state index is 0.164. The number of hydrogen-bond donors (Lipinski definition) is 0. The lowest BCUT2D eigenvalue weighted by atomic mass is 9.94. The Kier molecular flexibility index (Phi) is 5.85. The van der Waals surface area contributed by atoms with E-state index < -0.39 is 10.2 Å². The minimum atomic E-state index is -3.97. The molecular weight excluding hydrogens is 430 g/mol. The summed E-state index contributed by atoms with van der Waals surface area (Å²) < 4.78 is 35.6. The van der Waals surface area contributed by atoms with Gasteiger partial charge in [-0.15, -0.1) is 4.09 Å². The van der Waals surface area contributed by atoms with E-state index in [1.54, 1.807) is 12.1 Å². The standard InChI is InChI=1S/C22H29N5O4S/c1-22(2,3)21-24-19-11-18(25(4)32(29,30)27-14-17(15-28)12-23-27)5-6-20(19)26(21)13-16-7-9-31-10-8-16/h5-6,11-12,14-16H,7-10,13H2,1-4H3.